The van der Waals surface area contributed by atoms with Gasteiger partial charge in [0.25, 0.3) is 0 Å². The lowest BCUT2D eigenvalue weighted by atomic mass is 9.74. The second-order valence-corrected chi connectivity index (χ2v) is 13.5. The van der Waals surface area contributed by atoms with Crippen molar-refractivity contribution in [2.75, 3.05) is 23.9 Å². The standard InChI is InChI=1S/C31H34ClFN4O4S/c1-20-35-29-12-7-22(27-11-9-25(41-27)18-34-13-14-42(3,38)39)17-31(29,2)30(36-20)37-24-8-10-28(26(32)16-24)40-19-21-5-4-6-23(33)15-21/h4-12,15-16,20,34-35H,13-14,17-19H2,1-3H3,(H,36,37). The van der Waals surface area contributed by atoms with Gasteiger partial charge < -0.3 is 25.1 Å². The summed E-state index contributed by atoms with van der Waals surface area (Å²) in [6.07, 6.45) is 5.86. The molecule has 1 aromatic heterocycles. The number of allylic oxidation sites excluding steroid dienone is 3. The maximum absolute atomic E-state index is 13.5. The third-order valence-corrected chi connectivity index (χ3v) is 8.45. The maximum Gasteiger partial charge on any atom is 0.148 e. The van der Waals surface area contributed by atoms with Crippen LogP contribution in [0.1, 0.15) is 37.4 Å². The SMILES string of the molecule is CC1N=C(Nc2ccc(OCc3cccc(F)c3)c(Cl)c2)C2(C)CC(c3ccc(CNCCS(C)(=O)=O)o3)=CC=C2N1. The minimum Gasteiger partial charge on any atom is -0.487 e. The van der Waals surface area contributed by atoms with E-state index in [-0.39, 0.29) is 24.3 Å². The fourth-order valence-electron chi connectivity index (χ4n) is 4.99. The van der Waals surface area contributed by atoms with Crippen molar-refractivity contribution in [2.24, 2.45) is 10.4 Å². The van der Waals surface area contributed by atoms with Crippen LogP contribution in [0.2, 0.25) is 5.02 Å². The second-order valence-electron chi connectivity index (χ2n) is 10.8. The van der Waals surface area contributed by atoms with Gasteiger partial charge in [0.1, 0.15) is 51.5 Å². The number of fused-ring (bicyclic) bond motifs is 1. The Morgan fingerprint density at radius 2 is 2.02 bits per heavy atom. The van der Waals surface area contributed by atoms with Gasteiger partial charge in [0.15, 0.2) is 0 Å². The molecule has 8 nitrogen and oxygen atoms in total. The van der Waals surface area contributed by atoms with E-state index >= 15 is 0 Å². The molecule has 0 saturated heterocycles. The molecule has 42 heavy (non-hydrogen) atoms. The highest BCUT2D eigenvalue weighted by Gasteiger charge is 2.42. The van der Waals surface area contributed by atoms with Crippen LogP contribution in [0.3, 0.4) is 0 Å². The molecule has 0 spiro atoms. The normalized spacial score (nSPS) is 20.1. The number of anilines is 1. The van der Waals surface area contributed by atoms with Crippen LogP contribution in [-0.2, 0) is 23.0 Å². The quantitative estimate of drug-likeness (QED) is 0.244. The summed E-state index contributed by atoms with van der Waals surface area (Å²) in [5.41, 5.74) is 3.07. The molecule has 0 amide bonds. The number of aliphatic imine (C=N–C) groups is 1. The van der Waals surface area contributed by atoms with Crippen molar-refractivity contribution in [1.29, 1.82) is 0 Å². The number of amidine groups is 1. The first-order chi connectivity index (χ1) is 20.0. The van der Waals surface area contributed by atoms with Gasteiger partial charge in [-0.1, -0.05) is 29.8 Å². The van der Waals surface area contributed by atoms with Crippen LogP contribution in [0.15, 0.2) is 81.9 Å². The average molecular weight is 613 g/mol. The summed E-state index contributed by atoms with van der Waals surface area (Å²) in [4.78, 5) is 4.90. The zero-order valence-corrected chi connectivity index (χ0v) is 25.3. The molecule has 5 rings (SSSR count). The van der Waals surface area contributed by atoms with Crippen molar-refractivity contribution in [3.05, 3.63) is 100 Å². The Balaban J connectivity index is 1.27. The number of hydrogen-bond donors (Lipinski definition) is 3. The highest BCUT2D eigenvalue weighted by atomic mass is 35.5. The Labute approximate surface area is 250 Å². The van der Waals surface area contributed by atoms with Crippen LogP contribution >= 0.6 is 11.6 Å². The lowest BCUT2D eigenvalue weighted by Gasteiger charge is -2.42. The Morgan fingerprint density at radius 1 is 1.19 bits per heavy atom. The van der Waals surface area contributed by atoms with Crippen molar-refractivity contribution < 1.29 is 22.0 Å². The highest BCUT2D eigenvalue weighted by molar-refractivity contribution is 7.90. The first kappa shape index (κ1) is 29.9. The highest BCUT2D eigenvalue weighted by Crippen LogP contribution is 2.44. The van der Waals surface area contributed by atoms with Crippen LogP contribution in [0.5, 0.6) is 5.75 Å². The number of hydrogen-bond acceptors (Lipinski definition) is 8. The lowest BCUT2D eigenvalue weighted by molar-refractivity contribution is 0.306. The third-order valence-electron chi connectivity index (χ3n) is 7.20. The van der Waals surface area contributed by atoms with Crippen LogP contribution in [0.4, 0.5) is 10.1 Å². The molecule has 0 radical (unpaired) electrons. The molecular weight excluding hydrogens is 579 g/mol. The van der Waals surface area contributed by atoms with Crippen LogP contribution in [0.25, 0.3) is 5.57 Å². The summed E-state index contributed by atoms with van der Waals surface area (Å²) in [7, 11) is -3.02. The van der Waals surface area contributed by atoms with E-state index in [0.717, 1.165) is 34.3 Å². The predicted octanol–water partition coefficient (Wildman–Crippen LogP) is 5.92. The summed E-state index contributed by atoms with van der Waals surface area (Å²) >= 11 is 6.56. The fourth-order valence-corrected chi connectivity index (χ4v) is 5.74. The summed E-state index contributed by atoms with van der Waals surface area (Å²) in [5, 5.41) is 10.5. The Morgan fingerprint density at radius 3 is 2.79 bits per heavy atom. The molecule has 2 aliphatic rings. The fraction of sp³-hybridized carbons (Fsp3) is 0.323. The number of halogens is 2. The van der Waals surface area contributed by atoms with Crippen molar-refractivity contribution in [2.45, 2.75) is 39.6 Å². The summed E-state index contributed by atoms with van der Waals surface area (Å²) < 4.78 is 48.1. The first-order valence-electron chi connectivity index (χ1n) is 13.7. The van der Waals surface area contributed by atoms with Crippen molar-refractivity contribution in [1.82, 2.24) is 10.6 Å². The van der Waals surface area contributed by atoms with E-state index in [9.17, 15) is 12.8 Å². The molecular formula is C31H34ClFN4O4S. The van der Waals surface area contributed by atoms with Gasteiger partial charge in [-0.25, -0.2) is 17.8 Å². The third kappa shape index (κ3) is 7.24. The number of rotatable bonds is 10. The molecule has 2 aromatic carbocycles. The smallest absolute Gasteiger partial charge is 0.148 e. The van der Waals surface area contributed by atoms with E-state index in [1.165, 1.54) is 18.4 Å². The van der Waals surface area contributed by atoms with E-state index < -0.39 is 15.3 Å². The lowest BCUT2D eigenvalue weighted by Crippen LogP contribution is -2.48. The van der Waals surface area contributed by atoms with Crippen molar-refractivity contribution in [3.8, 4) is 5.75 Å². The van der Waals surface area contributed by atoms with E-state index in [2.05, 4.69) is 35.0 Å². The largest absolute Gasteiger partial charge is 0.487 e. The zero-order valence-electron chi connectivity index (χ0n) is 23.7. The van der Waals surface area contributed by atoms with Gasteiger partial charge in [-0.3, -0.25) is 0 Å². The van der Waals surface area contributed by atoms with Gasteiger partial charge in [-0.05, 0) is 79.9 Å². The Bertz CT molecular complexity index is 1670. The molecule has 2 atom stereocenters. The Kier molecular flexibility index (Phi) is 8.77. The molecule has 11 heteroatoms. The molecule has 2 heterocycles. The van der Waals surface area contributed by atoms with E-state index in [4.69, 9.17) is 25.7 Å². The Hall–Kier alpha value is -3.60. The second kappa shape index (κ2) is 12.3. The van der Waals surface area contributed by atoms with Gasteiger partial charge in [0.2, 0.25) is 0 Å². The molecule has 1 aliphatic heterocycles. The maximum atomic E-state index is 13.5. The number of sulfone groups is 1. The van der Waals surface area contributed by atoms with Gasteiger partial charge >= 0.3 is 0 Å². The summed E-state index contributed by atoms with van der Waals surface area (Å²) in [6.45, 7) is 5.13. The molecule has 0 saturated carbocycles. The van der Waals surface area contributed by atoms with Crippen molar-refractivity contribution >= 4 is 38.5 Å². The monoisotopic (exact) mass is 612 g/mol. The van der Waals surface area contributed by atoms with Gasteiger partial charge in [0.05, 0.1) is 22.7 Å². The van der Waals surface area contributed by atoms with E-state index in [1.54, 1.807) is 24.3 Å². The van der Waals surface area contributed by atoms with Gasteiger partial charge in [-0.15, -0.1) is 0 Å². The summed E-state index contributed by atoms with van der Waals surface area (Å²) in [6, 6.07) is 15.6. The molecule has 2 unspecified atom stereocenters. The average Bonchev–Trinajstić information content (AvgIpc) is 3.40. The van der Waals surface area contributed by atoms with Gasteiger partial charge in [-0.2, -0.15) is 0 Å². The minimum absolute atomic E-state index is 0.0774. The molecule has 0 bridgehead atoms. The number of ether oxygens (including phenoxy) is 1. The molecule has 3 N–H and O–H groups in total. The van der Waals surface area contributed by atoms with Crippen LogP contribution < -0.4 is 20.7 Å². The molecule has 222 valence electrons. The van der Waals surface area contributed by atoms with Crippen molar-refractivity contribution in [3.63, 3.8) is 0 Å². The minimum atomic E-state index is -3.02. The zero-order chi connectivity index (χ0) is 29.9. The van der Waals surface area contributed by atoms with Gasteiger partial charge in [0, 0.05) is 24.2 Å². The number of furan rings is 1. The molecule has 0 fully saturated rings. The number of nitrogens with one attached hydrogen (secondary N) is 3. The summed E-state index contributed by atoms with van der Waals surface area (Å²) in [5.74, 6) is 2.55. The number of nitrogens with zero attached hydrogens (tertiary/aromatic N) is 1. The molecule has 3 aromatic rings. The topological polar surface area (TPSA) is 105 Å². The van der Waals surface area contributed by atoms with Crippen LogP contribution in [0, 0.1) is 11.2 Å². The molecule has 1 aliphatic carbocycles. The van der Waals surface area contributed by atoms with Crippen LogP contribution in [-0.4, -0.2) is 39.0 Å². The van der Waals surface area contributed by atoms with E-state index in [1.807, 2.05) is 25.1 Å². The first-order valence-corrected chi connectivity index (χ1v) is 16.1. The number of benzene rings is 2. The predicted molar refractivity (Wildman–Crippen MR) is 165 cm³/mol. The van der Waals surface area contributed by atoms with E-state index in [0.29, 0.717) is 35.8 Å².